The molecule has 0 aromatic carbocycles. The molecule has 0 unspecified atom stereocenters. The summed E-state index contributed by atoms with van der Waals surface area (Å²) < 4.78 is 25.8. The van der Waals surface area contributed by atoms with Gasteiger partial charge in [0.2, 0.25) is 10.0 Å². The van der Waals surface area contributed by atoms with E-state index in [2.05, 4.69) is 4.72 Å². The van der Waals surface area contributed by atoms with E-state index in [0.29, 0.717) is 0 Å². The fourth-order valence-electron chi connectivity index (χ4n) is 1.61. The van der Waals surface area contributed by atoms with E-state index in [1.807, 2.05) is 6.92 Å². The van der Waals surface area contributed by atoms with Crippen molar-refractivity contribution >= 4 is 10.0 Å². The summed E-state index contributed by atoms with van der Waals surface area (Å²) in [4.78, 5) is 0. The second-order valence-corrected chi connectivity index (χ2v) is 6.22. The molecule has 0 saturated heterocycles. The molecular weight excluding hydrogens is 174 g/mol. The van der Waals surface area contributed by atoms with Gasteiger partial charge < -0.3 is 0 Å². The van der Waals surface area contributed by atoms with Crippen LogP contribution in [0.5, 0.6) is 0 Å². The van der Waals surface area contributed by atoms with E-state index in [-0.39, 0.29) is 10.8 Å². The molecule has 0 aliphatic heterocycles. The lowest BCUT2D eigenvalue weighted by Crippen LogP contribution is -2.51. The van der Waals surface area contributed by atoms with Crippen molar-refractivity contribution in [2.75, 3.05) is 0 Å². The van der Waals surface area contributed by atoms with Crippen LogP contribution in [0.3, 0.4) is 0 Å². The second kappa shape index (κ2) is 2.45. The zero-order chi connectivity index (χ0) is 8.82. The number of sulfonamides is 1. The SMILES string of the molecule is CC1(NS(=O)(=O)C2CC2)CCC1. The summed E-state index contributed by atoms with van der Waals surface area (Å²) in [6.45, 7) is 2.00. The van der Waals surface area contributed by atoms with Gasteiger partial charge >= 0.3 is 0 Å². The number of hydrogen-bond acceptors (Lipinski definition) is 2. The van der Waals surface area contributed by atoms with Crippen molar-refractivity contribution < 1.29 is 8.42 Å². The molecule has 2 rings (SSSR count). The first kappa shape index (κ1) is 8.51. The van der Waals surface area contributed by atoms with Crippen LogP contribution in [0.4, 0.5) is 0 Å². The molecule has 2 aliphatic rings. The third-order valence-electron chi connectivity index (χ3n) is 2.81. The summed E-state index contributed by atoms with van der Waals surface area (Å²) in [7, 11) is -2.96. The van der Waals surface area contributed by atoms with Gasteiger partial charge in [-0.3, -0.25) is 0 Å². The van der Waals surface area contributed by atoms with Gasteiger partial charge in [0, 0.05) is 5.54 Å². The summed E-state index contributed by atoms with van der Waals surface area (Å²) in [5.41, 5.74) is -0.110. The van der Waals surface area contributed by atoms with Crippen molar-refractivity contribution in [3.8, 4) is 0 Å². The highest BCUT2D eigenvalue weighted by Crippen LogP contribution is 2.35. The minimum atomic E-state index is -2.96. The van der Waals surface area contributed by atoms with Gasteiger partial charge in [-0.05, 0) is 39.0 Å². The first-order valence-electron chi connectivity index (χ1n) is 4.55. The Morgan fingerprint density at radius 3 is 2.25 bits per heavy atom. The molecular formula is C8H15NO2S. The molecule has 2 aliphatic carbocycles. The van der Waals surface area contributed by atoms with Gasteiger partial charge in [-0.2, -0.15) is 0 Å². The molecule has 0 heterocycles. The average molecular weight is 189 g/mol. The Morgan fingerprint density at radius 1 is 1.33 bits per heavy atom. The van der Waals surface area contributed by atoms with Crippen LogP contribution in [0.25, 0.3) is 0 Å². The predicted octanol–water partition coefficient (Wildman–Crippen LogP) is 1.01. The second-order valence-electron chi connectivity index (χ2n) is 4.26. The van der Waals surface area contributed by atoms with Crippen LogP contribution in [0.2, 0.25) is 0 Å². The molecule has 3 nitrogen and oxygen atoms in total. The van der Waals surface area contributed by atoms with Crippen molar-refractivity contribution in [3.05, 3.63) is 0 Å². The Bertz CT molecular complexity index is 275. The topological polar surface area (TPSA) is 46.2 Å². The van der Waals surface area contributed by atoms with Crippen LogP contribution in [0, 0.1) is 0 Å². The number of rotatable bonds is 3. The lowest BCUT2D eigenvalue weighted by atomic mass is 9.80. The smallest absolute Gasteiger partial charge is 0.212 e. The van der Waals surface area contributed by atoms with Crippen molar-refractivity contribution in [1.82, 2.24) is 4.72 Å². The molecule has 0 aromatic heterocycles. The lowest BCUT2D eigenvalue weighted by Gasteiger charge is -2.38. The Hall–Kier alpha value is -0.0900. The largest absolute Gasteiger partial charge is 0.214 e. The summed E-state index contributed by atoms with van der Waals surface area (Å²) in [5.74, 6) is 0. The number of nitrogens with one attached hydrogen (secondary N) is 1. The molecule has 70 valence electrons. The zero-order valence-electron chi connectivity index (χ0n) is 7.34. The summed E-state index contributed by atoms with van der Waals surface area (Å²) >= 11 is 0. The maximum atomic E-state index is 11.5. The standard InChI is InChI=1S/C8H15NO2S/c1-8(5-2-6-8)9-12(10,11)7-3-4-7/h7,9H,2-6H2,1H3. The van der Waals surface area contributed by atoms with Crippen LogP contribution in [0.1, 0.15) is 39.0 Å². The summed E-state index contributed by atoms with van der Waals surface area (Å²) in [6, 6.07) is 0. The third-order valence-corrected chi connectivity index (χ3v) is 4.94. The minimum Gasteiger partial charge on any atom is -0.212 e. The van der Waals surface area contributed by atoms with E-state index in [1.54, 1.807) is 0 Å². The number of hydrogen-bond donors (Lipinski definition) is 1. The molecule has 0 atom stereocenters. The molecule has 0 amide bonds. The average Bonchev–Trinajstić information content (AvgIpc) is 2.63. The van der Waals surface area contributed by atoms with E-state index in [9.17, 15) is 8.42 Å². The van der Waals surface area contributed by atoms with E-state index in [0.717, 1.165) is 32.1 Å². The van der Waals surface area contributed by atoms with Crippen molar-refractivity contribution in [1.29, 1.82) is 0 Å². The van der Waals surface area contributed by atoms with E-state index < -0.39 is 10.0 Å². The Labute approximate surface area is 73.6 Å². The lowest BCUT2D eigenvalue weighted by molar-refractivity contribution is 0.248. The molecule has 1 N–H and O–H groups in total. The molecule has 12 heavy (non-hydrogen) atoms. The van der Waals surface area contributed by atoms with Gasteiger partial charge in [0.25, 0.3) is 0 Å². The highest BCUT2D eigenvalue weighted by atomic mass is 32.2. The predicted molar refractivity (Wildman–Crippen MR) is 47.3 cm³/mol. The normalized spacial score (nSPS) is 28.1. The molecule has 0 aromatic rings. The van der Waals surface area contributed by atoms with Crippen LogP contribution in [-0.2, 0) is 10.0 Å². The third kappa shape index (κ3) is 1.50. The van der Waals surface area contributed by atoms with Crippen LogP contribution >= 0.6 is 0 Å². The zero-order valence-corrected chi connectivity index (χ0v) is 8.15. The van der Waals surface area contributed by atoms with Gasteiger partial charge in [0.15, 0.2) is 0 Å². The summed E-state index contributed by atoms with van der Waals surface area (Å²) in [6.07, 6.45) is 4.86. The summed E-state index contributed by atoms with van der Waals surface area (Å²) in [5, 5.41) is -0.0741. The molecule has 4 heteroatoms. The molecule has 0 radical (unpaired) electrons. The van der Waals surface area contributed by atoms with E-state index >= 15 is 0 Å². The molecule has 2 saturated carbocycles. The van der Waals surface area contributed by atoms with Gasteiger partial charge in [-0.1, -0.05) is 0 Å². The van der Waals surface area contributed by atoms with Crippen LogP contribution < -0.4 is 4.72 Å². The highest BCUT2D eigenvalue weighted by molar-refractivity contribution is 7.90. The van der Waals surface area contributed by atoms with Crippen molar-refractivity contribution in [2.45, 2.75) is 49.8 Å². The maximum Gasteiger partial charge on any atom is 0.214 e. The van der Waals surface area contributed by atoms with Crippen molar-refractivity contribution in [3.63, 3.8) is 0 Å². The fraction of sp³-hybridized carbons (Fsp3) is 1.00. The highest BCUT2D eigenvalue weighted by Gasteiger charge is 2.42. The van der Waals surface area contributed by atoms with Crippen LogP contribution in [-0.4, -0.2) is 19.2 Å². The molecule has 0 bridgehead atoms. The Kier molecular flexibility index (Phi) is 1.74. The first-order chi connectivity index (χ1) is 5.52. The Morgan fingerprint density at radius 2 is 1.92 bits per heavy atom. The van der Waals surface area contributed by atoms with E-state index in [4.69, 9.17) is 0 Å². The van der Waals surface area contributed by atoms with Crippen molar-refractivity contribution in [2.24, 2.45) is 0 Å². The molecule has 2 fully saturated rings. The Balaban J connectivity index is 2.01. The van der Waals surface area contributed by atoms with Gasteiger partial charge in [-0.15, -0.1) is 0 Å². The molecule has 0 spiro atoms. The first-order valence-corrected chi connectivity index (χ1v) is 6.09. The quantitative estimate of drug-likeness (QED) is 0.720. The minimum absolute atomic E-state index is 0.0741. The maximum absolute atomic E-state index is 11.5. The van der Waals surface area contributed by atoms with Crippen LogP contribution in [0.15, 0.2) is 0 Å². The monoisotopic (exact) mass is 189 g/mol. The van der Waals surface area contributed by atoms with Gasteiger partial charge in [-0.25, -0.2) is 13.1 Å². The fourth-order valence-corrected chi connectivity index (χ4v) is 3.43. The van der Waals surface area contributed by atoms with Gasteiger partial charge in [0.05, 0.1) is 5.25 Å². The van der Waals surface area contributed by atoms with Gasteiger partial charge in [0.1, 0.15) is 0 Å². The van der Waals surface area contributed by atoms with E-state index in [1.165, 1.54) is 0 Å².